The first kappa shape index (κ1) is 14.5. The Balaban J connectivity index is 2.07. The molecule has 0 spiro atoms. The highest BCUT2D eigenvalue weighted by atomic mass is 19.3. The Labute approximate surface area is 115 Å². The largest absolute Gasteiger partial charge is 0.444 e. The molecule has 0 aliphatic rings. The second-order valence-electron chi connectivity index (χ2n) is 4.23. The maximum atomic E-state index is 12.2. The predicted molar refractivity (Wildman–Crippen MR) is 70.6 cm³/mol. The van der Waals surface area contributed by atoms with Gasteiger partial charge < -0.3 is 14.5 Å². The Morgan fingerprint density at radius 1 is 1.40 bits per heavy atom. The molecular formula is C14H16F2N2O2. The van der Waals surface area contributed by atoms with Crippen molar-refractivity contribution in [1.82, 2.24) is 10.3 Å². The SMILES string of the molecule is CCCNCc1coc(-c2cccc(OC(F)F)c2)n1. The first-order valence-corrected chi connectivity index (χ1v) is 6.39. The molecule has 0 saturated carbocycles. The minimum atomic E-state index is -2.84. The number of aromatic nitrogens is 1. The average Bonchev–Trinajstić information content (AvgIpc) is 2.87. The highest BCUT2D eigenvalue weighted by Crippen LogP contribution is 2.24. The molecule has 0 aliphatic heterocycles. The molecule has 20 heavy (non-hydrogen) atoms. The topological polar surface area (TPSA) is 47.3 Å². The molecule has 0 radical (unpaired) electrons. The van der Waals surface area contributed by atoms with E-state index in [0.717, 1.165) is 18.7 Å². The van der Waals surface area contributed by atoms with Crippen LogP contribution in [-0.4, -0.2) is 18.1 Å². The molecule has 1 aromatic heterocycles. The molecule has 6 heteroatoms. The normalized spacial score (nSPS) is 11.0. The second-order valence-corrected chi connectivity index (χ2v) is 4.23. The summed E-state index contributed by atoms with van der Waals surface area (Å²) in [6, 6.07) is 6.28. The summed E-state index contributed by atoms with van der Waals surface area (Å²) < 4.78 is 34.0. The van der Waals surface area contributed by atoms with Crippen LogP contribution in [0.15, 0.2) is 34.9 Å². The van der Waals surface area contributed by atoms with Gasteiger partial charge in [-0.15, -0.1) is 0 Å². The van der Waals surface area contributed by atoms with E-state index < -0.39 is 6.61 Å². The lowest BCUT2D eigenvalue weighted by Crippen LogP contribution is -2.13. The molecule has 0 unspecified atom stereocenters. The van der Waals surface area contributed by atoms with Crippen LogP contribution in [-0.2, 0) is 6.54 Å². The van der Waals surface area contributed by atoms with E-state index in [1.807, 2.05) is 0 Å². The zero-order valence-electron chi connectivity index (χ0n) is 11.1. The lowest BCUT2D eigenvalue weighted by Gasteiger charge is -2.04. The number of nitrogens with one attached hydrogen (secondary N) is 1. The summed E-state index contributed by atoms with van der Waals surface area (Å²) in [6.45, 7) is 0.754. The number of ether oxygens (including phenoxy) is 1. The molecule has 4 nitrogen and oxygen atoms in total. The maximum Gasteiger partial charge on any atom is 0.387 e. The fourth-order valence-electron chi connectivity index (χ4n) is 1.72. The second kappa shape index (κ2) is 7.00. The third-order valence-electron chi connectivity index (χ3n) is 2.59. The molecule has 0 bridgehead atoms. The van der Waals surface area contributed by atoms with Gasteiger partial charge in [-0.1, -0.05) is 13.0 Å². The molecule has 2 aromatic rings. The monoisotopic (exact) mass is 282 g/mol. The molecule has 0 fully saturated rings. The van der Waals surface area contributed by atoms with Crippen molar-refractivity contribution in [3.63, 3.8) is 0 Å². The van der Waals surface area contributed by atoms with E-state index in [1.165, 1.54) is 12.1 Å². The van der Waals surface area contributed by atoms with Crippen molar-refractivity contribution in [3.8, 4) is 17.2 Å². The summed E-state index contributed by atoms with van der Waals surface area (Å²) in [5.74, 6) is 0.472. The van der Waals surface area contributed by atoms with Gasteiger partial charge in [0.25, 0.3) is 0 Å². The van der Waals surface area contributed by atoms with Crippen molar-refractivity contribution in [2.45, 2.75) is 26.5 Å². The number of nitrogens with zero attached hydrogens (tertiary/aromatic N) is 1. The number of hydrogen-bond acceptors (Lipinski definition) is 4. The van der Waals surface area contributed by atoms with E-state index >= 15 is 0 Å². The zero-order valence-corrected chi connectivity index (χ0v) is 11.1. The van der Waals surface area contributed by atoms with Gasteiger partial charge in [-0.25, -0.2) is 4.98 Å². The van der Waals surface area contributed by atoms with Crippen molar-refractivity contribution in [1.29, 1.82) is 0 Å². The lowest BCUT2D eigenvalue weighted by molar-refractivity contribution is -0.0498. The van der Waals surface area contributed by atoms with E-state index in [0.29, 0.717) is 18.0 Å². The van der Waals surface area contributed by atoms with Crippen molar-refractivity contribution in [2.75, 3.05) is 6.54 Å². The van der Waals surface area contributed by atoms with Crippen LogP contribution in [0.25, 0.3) is 11.5 Å². The van der Waals surface area contributed by atoms with Gasteiger partial charge in [-0.05, 0) is 31.2 Å². The molecule has 0 atom stereocenters. The average molecular weight is 282 g/mol. The first-order valence-electron chi connectivity index (χ1n) is 6.39. The predicted octanol–water partition coefficient (Wildman–Crippen LogP) is 3.44. The van der Waals surface area contributed by atoms with E-state index in [9.17, 15) is 8.78 Å². The van der Waals surface area contributed by atoms with E-state index in [4.69, 9.17) is 4.42 Å². The molecule has 0 amide bonds. The van der Waals surface area contributed by atoms with Crippen LogP contribution < -0.4 is 10.1 Å². The highest BCUT2D eigenvalue weighted by molar-refractivity contribution is 5.56. The molecular weight excluding hydrogens is 266 g/mol. The zero-order chi connectivity index (χ0) is 14.4. The molecule has 0 saturated heterocycles. The molecule has 1 N–H and O–H groups in total. The third-order valence-corrected chi connectivity index (χ3v) is 2.59. The number of hydrogen-bond donors (Lipinski definition) is 1. The fourth-order valence-corrected chi connectivity index (χ4v) is 1.72. The van der Waals surface area contributed by atoms with E-state index in [1.54, 1.807) is 18.4 Å². The summed E-state index contributed by atoms with van der Waals surface area (Å²) in [7, 11) is 0. The van der Waals surface area contributed by atoms with Crippen molar-refractivity contribution in [3.05, 3.63) is 36.2 Å². The highest BCUT2D eigenvalue weighted by Gasteiger charge is 2.09. The number of halogens is 2. The van der Waals surface area contributed by atoms with Gasteiger partial charge in [-0.3, -0.25) is 0 Å². The van der Waals surface area contributed by atoms with Crippen molar-refractivity contribution >= 4 is 0 Å². The molecule has 2 rings (SSSR count). The van der Waals surface area contributed by atoms with Crippen LogP contribution in [0.4, 0.5) is 8.78 Å². The molecule has 1 aromatic carbocycles. The number of alkyl halides is 2. The van der Waals surface area contributed by atoms with Gasteiger partial charge in [0.2, 0.25) is 5.89 Å². The van der Waals surface area contributed by atoms with Gasteiger partial charge in [0.15, 0.2) is 0 Å². The fraction of sp³-hybridized carbons (Fsp3) is 0.357. The van der Waals surface area contributed by atoms with Crippen molar-refractivity contribution in [2.24, 2.45) is 0 Å². The van der Waals surface area contributed by atoms with Crippen LogP contribution >= 0.6 is 0 Å². The third kappa shape index (κ3) is 4.03. The maximum absolute atomic E-state index is 12.2. The van der Waals surface area contributed by atoms with Gasteiger partial charge >= 0.3 is 6.61 Å². The number of rotatable bonds is 7. The Hall–Kier alpha value is -1.95. The minimum Gasteiger partial charge on any atom is -0.444 e. The smallest absolute Gasteiger partial charge is 0.387 e. The number of benzene rings is 1. The summed E-state index contributed by atoms with van der Waals surface area (Å²) in [5.41, 5.74) is 1.37. The Morgan fingerprint density at radius 2 is 2.25 bits per heavy atom. The minimum absolute atomic E-state index is 0.0846. The van der Waals surface area contributed by atoms with E-state index in [-0.39, 0.29) is 5.75 Å². The molecule has 108 valence electrons. The van der Waals surface area contributed by atoms with Crippen LogP contribution in [0.3, 0.4) is 0 Å². The van der Waals surface area contributed by atoms with E-state index in [2.05, 4.69) is 22.0 Å². The van der Waals surface area contributed by atoms with Gasteiger partial charge in [0, 0.05) is 12.1 Å². The number of oxazole rings is 1. The Morgan fingerprint density at radius 3 is 3.00 bits per heavy atom. The first-order chi connectivity index (χ1) is 9.69. The van der Waals surface area contributed by atoms with Crippen LogP contribution in [0.1, 0.15) is 19.0 Å². The van der Waals surface area contributed by atoms with Crippen molar-refractivity contribution < 1.29 is 17.9 Å². The summed E-state index contributed by atoms with van der Waals surface area (Å²) in [5, 5.41) is 3.21. The lowest BCUT2D eigenvalue weighted by atomic mass is 10.2. The summed E-state index contributed by atoms with van der Waals surface area (Å²) >= 11 is 0. The van der Waals surface area contributed by atoms with Gasteiger partial charge in [0.1, 0.15) is 12.0 Å². The van der Waals surface area contributed by atoms with Crippen LogP contribution in [0.2, 0.25) is 0 Å². The Kier molecular flexibility index (Phi) is 5.06. The Bertz CT molecular complexity index is 543. The molecule has 0 aliphatic carbocycles. The summed E-state index contributed by atoms with van der Waals surface area (Å²) in [4.78, 5) is 4.30. The summed E-state index contributed by atoms with van der Waals surface area (Å²) in [6.07, 6.45) is 2.59. The quantitative estimate of drug-likeness (QED) is 0.790. The van der Waals surface area contributed by atoms with Gasteiger partial charge in [0.05, 0.1) is 5.69 Å². The van der Waals surface area contributed by atoms with Crippen LogP contribution in [0.5, 0.6) is 5.75 Å². The standard InChI is InChI=1S/C14H16F2N2O2/c1-2-6-17-8-11-9-19-13(18-11)10-4-3-5-12(7-10)20-14(15)16/h3-5,7,9,14,17H,2,6,8H2,1H3. The van der Waals surface area contributed by atoms with Gasteiger partial charge in [-0.2, -0.15) is 8.78 Å². The van der Waals surface area contributed by atoms with Crippen LogP contribution in [0, 0.1) is 0 Å². The molecule has 1 heterocycles.